The van der Waals surface area contributed by atoms with Crippen LogP contribution in [-0.2, 0) is 16.5 Å². The Labute approximate surface area is 120 Å². The van der Waals surface area contributed by atoms with E-state index in [9.17, 15) is 4.79 Å². The predicted octanol–water partition coefficient (Wildman–Crippen LogP) is 1.68. The van der Waals surface area contributed by atoms with Gasteiger partial charge in [0.15, 0.2) is 0 Å². The number of rotatable bonds is 6. The van der Waals surface area contributed by atoms with Gasteiger partial charge < -0.3 is 18.9 Å². The Balaban J connectivity index is 1.74. The number of amides is 1. The lowest BCUT2D eigenvalue weighted by atomic mass is 10.1. The molecule has 0 N–H and O–H groups in total. The first-order valence-corrected chi connectivity index (χ1v) is 7.32. The Morgan fingerprint density at radius 1 is 1.35 bits per heavy atom. The van der Waals surface area contributed by atoms with Crippen LogP contribution in [0.25, 0.3) is 0 Å². The van der Waals surface area contributed by atoms with E-state index in [4.69, 9.17) is 9.47 Å². The summed E-state index contributed by atoms with van der Waals surface area (Å²) in [5.41, 5.74) is 0.751. The van der Waals surface area contributed by atoms with Crippen LogP contribution in [0.5, 0.6) is 0 Å². The zero-order valence-corrected chi connectivity index (χ0v) is 12.4. The van der Waals surface area contributed by atoms with E-state index in [0.717, 1.165) is 38.2 Å². The van der Waals surface area contributed by atoms with Crippen LogP contribution in [0, 0.1) is 0 Å². The highest BCUT2D eigenvalue weighted by Crippen LogP contribution is 2.16. The fourth-order valence-corrected chi connectivity index (χ4v) is 2.49. The maximum atomic E-state index is 12.3. The lowest BCUT2D eigenvalue weighted by Gasteiger charge is -2.32. The average Bonchev–Trinajstić information content (AvgIpc) is 2.90. The van der Waals surface area contributed by atoms with Gasteiger partial charge >= 0.3 is 0 Å². The molecule has 1 amide bonds. The molecule has 1 aromatic heterocycles. The number of carbonyl (C=O) groups is 1. The first-order valence-electron chi connectivity index (χ1n) is 7.32. The van der Waals surface area contributed by atoms with E-state index in [1.54, 1.807) is 0 Å². The van der Waals surface area contributed by atoms with Crippen LogP contribution in [-0.4, -0.2) is 54.4 Å². The van der Waals surface area contributed by atoms with Crippen molar-refractivity contribution in [2.24, 2.45) is 7.05 Å². The van der Waals surface area contributed by atoms with Crippen molar-refractivity contribution in [1.29, 1.82) is 0 Å². The van der Waals surface area contributed by atoms with E-state index in [1.165, 1.54) is 0 Å². The molecule has 0 unspecified atom stereocenters. The molecule has 2 rings (SSSR count). The largest absolute Gasteiger partial charge is 0.379 e. The Bertz CT molecular complexity index is 423. The maximum absolute atomic E-state index is 12.3. The van der Waals surface area contributed by atoms with Gasteiger partial charge in [-0.05, 0) is 31.9 Å². The van der Waals surface area contributed by atoms with Crippen LogP contribution in [0.2, 0.25) is 0 Å². The van der Waals surface area contributed by atoms with Crippen molar-refractivity contribution in [3.05, 3.63) is 24.0 Å². The summed E-state index contributed by atoms with van der Waals surface area (Å²) in [5, 5.41) is 0. The second kappa shape index (κ2) is 7.45. The smallest absolute Gasteiger partial charge is 0.270 e. The van der Waals surface area contributed by atoms with Gasteiger partial charge in [-0.3, -0.25) is 4.79 Å². The molecule has 0 saturated carbocycles. The van der Waals surface area contributed by atoms with Crippen molar-refractivity contribution in [2.75, 3.05) is 32.9 Å². The van der Waals surface area contributed by atoms with Crippen molar-refractivity contribution >= 4 is 5.91 Å². The van der Waals surface area contributed by atoms with Crippen molar-refractivity contribution in [3.63, 3.8) is 0 Å². The molecule has 0 aliphatic carbocycles. The second-order valence-corrected chi connectivity index (χ2v) is 5.06. The van der Waals surface area contributed by atoms with E-state index in [-0.39, 0.29) is 12.0 Å². The summed E-state index contributed by atoms with van der Waals surface area (Å²) in [6.07, 6.45) is 3.97. The first-order chi connectivity index (χ1) is 9.72. The molecule has 1 fully saturated rings. The molecule has 20 heavy (non-hydrogen) atoms. The number of aromatic nitrogens is 1. The van der Waals surface area contributed by atoms with Crippen LogP contribution in [0.4, 0.5) is 0 Å². The van der Waals surface area contributed by atoms with Crippen molar-refractivity contribution in [2.45, 2.75) is 25.9 Å². The number of ether oxygens (including phenoxy) is 2. The van der Waals surface area contributed by atoms with Gasteiger partial charge in [0.2, 0.25) is 0 Å². The molecule has 5 nitrogen and oxygen atoms in total. The molecule has 0 bridgehead atoms. The first kappa shape index (κ1) is 15.1. The Morgan fingerprint density at radius 2 is 2.10 bits per heavy atom. The number of aryl methyl sites for hydroxylation is 1. The summed E-state index contributed by atoms with van der Waals surface area (Å²) in [7, 11) is 1.90. The number of carbonyl (C=O) groups excluding carboxylic acids is 1. The number of hydrogen-bond acceptors (Lipinski definition) is 3. The second-order valence-electron chi connectivity index (χ2n) is 5.06. The zero-order valence-electron chi connectivity index (χ0n) is 12.4. The highest BCUT2D eigenvalue weighted by molar-refractivity contribution is 5.92. The summed E-state index contributed by atoms with van der Waals surface area (Å²) < 4.78 is 12.9. The summed E-state index contributed by atoms with van der Waals surface area (Å²) >= 11 is 0. The lowest BCUT2D eigenvalue weighted by Crippen LogP contribution is -2.41. The minimum Gasteiger partial charge on any atom is -0.379 e. The fourth-order valence-electron chi connectivity index (χ4n) is 2.49. The number of hydrogen-bond donors (Lipinski definition) is 0. The fraction of sp³-hybridized carbons (Fsp3) is 0.667. The summed E-state index contributed by atoms with van der Waals surface area (Å²) in [4.78, 5) is 14.2. The third-order valence-corrected chi connectivity index (χ3v) is 3.68. The zero-order chi connectivity index (χ0) is 14.4. The van der Waals surface area contributed by atoms with Crippen LogP contribution < -0.4 is 0 Å². The molecule has 112 valence electrons. The van der Waals surface area contributed by atoms with Crippen molar-refractivity contribution < 1.29 is 14.3 Å². The van der Waals surface area contributed by atoms with Crippen LogP contribution in [0.15, 0.2) is 18.3 Å². The van der Waals surface area contributed by atoms with Gasteiger partial charge in [0.1, 0.15) is 5.69 Å². The van der Waals surface area contributed by atoms with Crippen LogP contribution >= 0.6 is 0 Å². The molecule has 0 aromatic carbocycles. The number of likely N-dealkylation sites (tertiary alicyclic amines) is 1. The third kappa shape index (κ3) is 3.84. The molecule has 5 heteroatoms. The van der Waals surface area contributed by atoms with Gasteiger partial charge in [0.25, 0.3) is 5.91 Å². The van der Waals surface area contributed by atoms with Gasteiger partial charge in [-0.25, -0.2) is 0 Å². The normalized spacial score (nSPS) is 16.6. The quantitative estimate of drug-likeness (QED) is 0.745. The maximum Gasteiger partial charge on any atom is 0.270 e. The van der Waals surface area contributed by atoms with Gasteiger partial charge in [-0.15, -0.1) is 0 Å². The van der Waals surface area contributed by atoms with Gasteiger partial charge in [-0.1, -0.05) is 0 Å². The summed E-state index contributed by atoms with van der Waals surface area (Å²) in [6, 6.07) is 3.77. The monoisotopic (exact) mass is 280 g/mol. The Morgan fingerprint density at radius 3 is 2.70 bits per heavy atom. The minimum absolute atomic E-state index is 0.116. The average molecular weight is 280 g/mol. The highest BCUT2D eigenvalue weighted by Gasteiger charge is 2.24. The molecule has 1 aliphatic heterocycles. The lowest BCUT2D eigenvalue weighted by molar-refractivity contribution is -0.0183. The molecule has 0 atom stereocenters. The van der Waals surface area contributed by atoms with E-state index in [0.29, 0.717) is 13.2 Å². The SMILES string of the molecule is CCOCCOC1CCN(C(=O)c2cccn2C)CC1. The summed E-state index contributed by atoms with van der Waals surface area (Å²) in [6.45, 7) is 5.54. The van der Waals surface area contributed by atoms with Gasteiger partial charge in [-0.2, -0.15) is 0 Å². The Hall–Kier alpha value is -1.33. The van der Waals surface area contributed by atoms with E-state index in [2.05, 4.69) is 0 Å². The number of nitrogens with zero attached hydrogens (tertiary/aromatic N) is 2. The predicted molar refractivity (Wildman–Crippen MR) is 76.8 cm³/mol. The summed E-state index contributed by atoms with van der Waals surface area (Å²) in [5.74, 6) is 0.116. The van der Waals surface area contributed by atoms with E-state index in [1.807, 2.05) is 41.8 Å². The topological polar surface area (TPSA) is 43.7 Å². The third-order valence-electron chi connectivity index (χ3n) is 3.68. The molecule has 0 radical (unpaired) electrons. The molecule has 1 aromatic rings. The number of piperidine rings is 1. The van der Waals surface area contributed by atoms with Crippen LogP contribution in [0.3, 0.4) is 0 Å². The molecule has 2 heterocycles. The van der Waals surface area contributed by atoms with Crippen LogP contribution in [0.1, 0.15) is 30.3 Å². The highest BCUT2D eigenvalue weighted by atomic mass is 16.5. The van der Waals surface area contributed by atoms with E-state index < -0.39 is 0 Å². The Kier molecular flexibility index (Phi) is 5.61. The van der Waals surface area contributed by atoms with Gasteiger partial charge in [0, 0.05) is 32.9 Å². The molecular weight excluding hydrogens is 256 g/mol. The molecule has 0 spiro atoms. The molecule has 1 aliphatic rings. The minimum atomic E-state index is 0.116. The van der Waals surface area contributed by atoms with E-state index >= 15 is 0 Å². The van der Waals surface area contributed by atoms with Gasteiger partial charge in [0.05, 0.1) is 19.3 Å². The standard InChI is InChI=1S/C15H24N2O3/c1-3-19-11-12-20-13-6-9-17(10-7-13)15(18)14-5-4-8-16(14)2/h4-5,8,13H,3,6-7,9-12H2,1-2H3. The molecular formula is C15H24N2O3. The van der Waals surface area contributed by atoms with Crippen molar-refractivity contribution in [1.82, 2.24) is 9.47 Å². The molecule has 1 saturated heterocycles. The van der Waals surface area contributed by atoms with Crippen molar-refractivity contribution in [3.8, 4) is 0 Å².